The first kappa shape index (κ1) is 17.2. The molecule has 0 aliphatic carbocycles. The Morgan fingerprint density at radius 1 is 1.04 bits per heavy atom. The van der Waals surface area contributed by atoms with Gasteiger partial charge in [-0.05, 0) is 49.4 Å². The molecule has 2 heterocycles. The number of benzene rings is 1. The van der Waals surface area contributed by atoms with Gasteiger partial charge in [0.1, 0.15) is 17.2 Å². The molecule has 3 aromatic rings. The van der Waals surface area contributed by atoms with Gasteiger partial charge in [0.2, 0.25) is 0 Å². The quantitative estimate of drug-likeness (QED) is 0.605. The molecule has 3 rings (SSSR count). The van der Waals surface area contributed by atoms with Gasteiger partial charge in [0.25, 0.3) is 5.56 Å². The minimum atomic E-state index is -0.0959. The van der Waals surface area contributed by atoms with Crippen molar-refractivity contribution in [3.05, 3.63) is 63.8 Å². The summed E-state index contributed by atoms with van der Waals surface area (Å²) in [4.78, 5) is 14.3. The van der Waals surface area contributed by atoms with E-state index in [-0.39, 0.29) is 5.56 Å². The van der Waals surface area contributed by atoms with E-state index in [2.05, 4.69) is 18.1 Å². The van der Waals surface area contributed by atoms with Gasteiger partial charge in [-0.15, -0.1) is 11.3 Å². The van der Waals surface area contributed by atoms with E-state index in [1.807, 2.05) is 30.3 Å². The molecule has 0 aliphatic rings. The molecule has 0 fully saturated rings. The van der Waals surface area contributed by atoms with Crippen LogP contribution in [0.15, 0.2) is 53.3 Å². The Kier molecular flexibility index (Phi) is 5.50. The third-order valence-electron chi connectivity index (χ3n) is 3.70. The molecule has 1 aromatic carbocycles. The topological polar surface area (TPSA) is 53.4 Å². The summed E-state index contributed by atoms with van der Waals surface area (Å²) in [6, 6.07) is 14.9. The summed E-state index contributed by atoms with van der Waals surface area (Å²) in [5.41, 5.74) is 0.732. The molecule has 0 atom stereocenters. The Bertz CT molecular complexity index is 884. The van der Waals surface area contributed by atoms with Gasteiger partial charge in [-0.3, -0.25) is 4.79 Å². The highest BCUT2D eigenvalue weighted by molar-refractivity contribution is 7.15. The van der Waals surface area contributed by atoms with Crippen LogP contribution >= 0.6 is 11.3 Å². The van der Waals surface area contributed by atoms with Crippen molar-refractivity contribution < 1.29 is 9.47 Å². The van der Waals surface area contributed by atoms with Crippen molar-refractivity contribution in [3.8, 4) is 22.1 Å². The van der Waals surface area contributed by atoms with Crippen molar-refractivity contribution in [3.63, 3.8) is 0 Å². The zero-order valence-electron chi connectivity index (χ0n) is 14.3. The summed E-state index contributed by atoms with van der Waals surface area (Å²) >= 11 is 1.67. The van der Waals surface area contributed by atoms with E-state index >= 15 is 0 Å². The average Bonchev–Trinajstić information content (AvgIpc) is 3.07. The van der Waals surface area contributed by atoms with Gasteiger partial charge in [0, 0.05) is 23.9 Å². The highest BCUT2D eigenvalue weighted by Crippen LogP contribution is 2.25. The van der Waals surface area contributed by atoms with Gasteiger partial charge >= 0.3 is 0 Å². The molecule has 0 saturated heterocycles. The second-order valence-electron chi connectivity index (χ2n) is 5.57. The summed E-state index contributed by atoms with van der Waals surface area (Å²) in [6.07, 6.45) is 0.700. The monoisotopic (exact) mass is 356 g/mol. The van der Waals surface area contributed by atoms with E-state index in [0.717, 1.165) is 22.1 Å². The first-order valence-electron chi connectivity index (χ1n) is 8.07. The third kappa shape index (κ3) is 4.48. The molecule has 0 unspecified atom stereocenters. The number of rotatable bonds is 7. The van der Waals surface area contributed by atoms with E-state index in [1.54, 1.807) is 30.6 Å². The lowest BCUT2D eigenvalue weighted by Crippen LogP contribution is -2.23. The number of methoxy groups -OCH3 is 1. The molecule has 0 aliphatic heterocycles. The SMILES string of the molecule is COc1ccc(OCCCn2nc(-c3ccc(C)s3)ccc2=O)cc1. The van der Waals surface area contributed by atoms with E-state index in [9.17, 15) is 4.79 Å². The summed E-state index contributed by atoms with van der Waals surface area (Å²) in [5.74, 6) is 1.58. The van der Waals surface area contributed by atoms with E-state index in [4.69, 9.17) is 9.47 Å². The first-order chi connectivity index (χ1) is 12.2. The highest BCUT2D eigenvalue weighted by atomic mass is 32.1. The predicted molar refractivity (Wildman–Crippen MR) is 99.7 cm³/mol. The Hall–Kier alpha value is -2.60. The average molecular weight is 356 g/mol. The molecule has 2 aromatic heterocycles. The van der Waals surface area contributed by atoms with Gasteiger partial charge in [-0.25, -0.2) is 4.68 Å². The van der Waals surface area contributed by atoms with Gasteiger partial charge < -0.3 is 9.47 Å². The summed E-state index contributed by atoms with van der Waals surface area (Å²) in [7, 11) is 1.63. The number of thiophene rings is 1. The maximum Gasteiger partial charge on any atom is 0.266 e. The fraction of sp³-hybridized carbons (Fsp3) is 0.263. The molecular formula is C19H20N2O3S. The van der Waals surface area contributed by atoms with Crippen LogP contribution < -0.4 is 15.0 Å². The largest absolute Gasteiger partial charge is 0.497 e. The first-order valence-corrected chi connectivity index (χ1v) is 8.89. The van der Waals surface area contributed by atoms with Crippen LogP contribution in [0.2, 0.25) is 0 Å². The molecule has 25 heavy (non-hydrogen) atoms. The molecule has 0 bridgehead atoms. The molecule has 0 saturated carbocycles. The maximum atomic E-state index is 12.0. The molecule has 0 amide bonds. The smallest absolute Gasteiger partial charge is 0.266 e. The minimum absolute atomic E-state index is 0.0959. The maximum absolute atomic E-state index is 12.0. The molecule has 0 radical (unpaired) electrons. The van der Waals surface area contributed by atoms with Crippen LogP contribution in [0.3, 0.4) is 0 Å². The zero-order valence-corrected chi connectivity index (χ0v) is 15.1. The number of hydrogen-bond donors (Lipinski definition) is 0. The Morgan fingerprint density at radius 2 is 1.80 bits per heavy atom. The lowest BCUT2D eigenvalue weighted by atomic mass is 10.3. The lowest BCUT2D eigenvalue weighted by molar-refractivity contribution is 0.296. The summed E-state index contributed by atoms with van der Waals surface area (Å²) in [5, 5.41) is 4.47. The predicted octanol–water partition coefficient (Wildman–Crippen LogP) is 3.76. The van der Waals surface area contributed by atoms with Crippen LogP contribution in [0, 0.1) is 6.92 Å². The second kappa shape index (κ2) is 7.98. The zero-order chi connectivity index (χ0) is 17.6. The molecule has 6 heteroatoms. The second-order valence-corrected chi connectivity index (χ2v) is 6.86. The number of hydrogen-bond acceptors (Lipinski definition) is 5. The fourth-order valence-electron chi connectivity index (χ4n) is 2.39. The minimum Gasteiger partial charge on any atom is -0.497 e. The number of nitrogens with zero attached hydrogens (tertiary/aromatic N) is 2. The molecular weight excluding hydrogens is 336 g/mol. The van der Waals surface area contributed by atoms with E-state index in [0.29, 0.717) is 19.6 Å². The lowest BCUT2D eigenvalue weighted by Gasteiger charge is -2.08. The van der Waals surface area contributed by atoms with Gasteiger partial charge in [-0.2, -0.15) is 5.10 Å². The molecule has 130 valence electrons. The number of aromatic nitrogens is 2. The van der Waals surface area contributed by atoms with Crippen LogP contribution in [0.4, 0.5) is 0 Å². The highest BCUT2D eigenvalue weighted by Gasteiger charge is 2.05. The Morgan fingerprint density at radius 3 is 2.48 bits per heavy atom. The van der Waals surface area contributed by atoms with Gasteiger partial charge in [0.15, 0.2) is 0 Å². The molecule has 5 nitrogen and oxygen atoms in total. The number of ether oxygens (including phenoxy) is 2. The van der Waals surface area contributed by atoms with Gasteiger partial charge in [0.05, 0.1) is 18.6 Å². The number of aryl methyl sites for hydroxylation is 2. The van der Waals surface area contributed by atoms with Crippen molar-refractivity contribution in [2.45, 2.75) is 19.9 Å². The standard InChI is InChI=1S/C19H20N2O3S/c1-14-4-10-18(25-14)17-9-11-19(22)21(20-17)12-3-13-24-16-7-5-15(23-2)6-8-16/h4-11H,3,12-13H2,1-2H3. The fourth-order valence-corrected chi connectivity index (χ4v) is 3.22. The Labute approximate surface area is 150 Å². The summed E-state index contributed by atoms with van der Waals surface area (Å²) < 4.78 is 12.3. The van der Waals surface area contributed by atoms with E-state index in [1.165, 1.54) is 9.56 Å². The van der Waals surface area contributed by atoms with Crippen LogP contribution in [0.25, 0.3) is 10.6 Å². The third-order valence-corrected chi connectivity index (χ3v) is 4.73. The normalized spacial score (nSPS) is 10.6. The van der Waals surface area contributed by atoms with Crippen LogP contribution in [0.1, 0.15) is 11.3 Å². The molecule has 0 spiro atoms. The van der Waals surface area contributed by atoms with Crippen molar-refractivity contribution >= 4 is 11.3 Å². The van der Waals surface area contributed by atoms with Crippen molar-refractivity contribution in [2.75, 3.05) is 13.7 Å². The summed E-state index contributed by atoms with van der Waals surface area (Å²) in [6.45, 7) is 3.09. The van der Waals surface area contributed by atoms with Crippen LogP contribution in [-0.2, 0) is 6.54 Å². The van der Waals surface area contributed by atoms with Gasteiger partial charge in [-0.1, -0.05) is 0 Å². The van der Waals surface area contributed by atoms with Crippen LogP contribution in [0.5, 0.6) is 11.5 Å². The van der Waals surface area contributed by atoms with Crippen molar-refractivity contribution in [1.82, 2.24) is 9.78 Å². The van der Waals surface area contributed by atoms with Crippen molar-refractivity contribution in [2.24, 2.45) is 0 Å². The van der Waals surface area contributed by atoms with Crippen molar-refractivity contribution in [1.29, 1.82) is 0 Å². The van der Waals surface area contributed by atoms with Crippen LogP contribution in [-0.4, -0.2) is 23.5 Å². The molecule has 0 N–H and O–H groups in total. The van der Waals surface area contributed by atoms with E-state index < -0.39 is 0 Å². The Balaban J connectivity index is 1.58.